The number of hydrazone groups is 1. The number of nitrogens with zero attached hydrogens (tertiary/aromatic N) is 3. The lowest BCUT2D eigenvalue weighted by atomic mass is 10.3. The monoisotopic (exact) mass is 274 g/mol. The summed E-state index contributed by atoms with van der Waals surface area (Å²) in [5, 5.41) is 9.20. The van der Waals surface area contributed by atoms with Gasteiger partial charge in [0.2, 0.25) is 5.91 Å². The number of carbonyl (C=O) groups excluding carboxylic acids is 1. The third kappa shape index (κ3) is 3.70. The number of hydrogen-bond acceptors (Lipinski definition) is 6. The van der Waals surface area contributed by atoms with E-state index in [1.807, 2.05) is 10.1 Å². The average molecular weight is 274 g/mol. The van der Waals surface area contributed by atoms with Crippen LogP contribution in [0.5, 0.6) is 0 Å². The van der Waals surface area contributed by atoms with E-state index in [4.69, 9.17) is 0 Å². The highest BCUT2D eigenvalue weighted by atomic mass is 16.2. The fourth-order valence-corrected chi connectivity index (χ4v) is 1.31. The normalized spacial score (nSPS) is 10.6. The molecule has 2 heterocycles. The fourth-order valence-electron chi connectivity index (χ4n) is 1.31. The average Bonchev–Trinajstić information content (AvgIpc) is 2.43. The van der Waals surface area contributed by atoms with Crippen LogP contribution in [0.4, 0.5) is 0 Å². The van der Waals surface area contributed by atoms with Gasteiger partial charge in [0.05, 0.1) is 18.3 Å². The molecule has 0 saturated carbocycles. The molecule has 0 spiro atoms. The van der Waals surface area contributed by atoms with Gasteiger partial charge in [-0.15, -0.1) is 0 Å². The van der Waals surface area contributed by atoms with Gasteiger partial charge in [0, 0.05) is 6.20 Å². The van der Waals surface area contributed by atoms with E-state index in [-0.39, 0.29) is 12.1 Å². The summed E-state index contributed by atoms with van der Waals surface area (Å²) in [6.45, 7) is 0. The van der Waals surface area contributed by atoms with Gasteiger partial charge in [0.1, 0.15) is 5.69 Å². The molecule has 0 unspecified atom stereocenters. The molecule has 0 aliphatic carbocycles. The summed E-state index contributed by atoms with van der Waals surface area (Å²) in [4.78, 5) is 39.5. The van der Waals surface area contributed by atoms with Crippen molar-refractivity contribution in [2.75, 3.05) is 0 Å². The van der Waals surface area contributed by atoms with Crippen molar-refractivity contribution in [3.63, 3.8) is 0 Å². The molecule has 0 radical (unpaired) electrons. The van der Waals surface area contributed by atoms with Gasteiger partial charge in [-0.1, -0.05) is 6.07 Å². The molecule has 9 nitrogen and oxygen atoms in total. The number of rotatable bonds is 4. The van der Waals surface area contributed by atoms with Crippen molar-refractivity contribution < 1.29 is 4.79 Å². The van der Waals surface area contributed by atoms with Crippen LogP contribution in [0.3, 0.4) is 0 Å². The van der Waals surface area contributed by atoms with Crippen molar-refractivity contribution >= 4 is 12.1 Å². The second-order valence-corrected chi connectivity index (χ2v) is 3.68. The topological polar surface area (TPSA) is 133 Å². The number of carbonyl (C=O) groups is 1. The summed E-state index contributed by atoms with van der Waals surface area (Å²) >= 11 is 0. The summed E-state index contributed by atoms with van der Waals surface area (Å²) in [6.07, 6.45) is 2.65. The Morgan fingerprint density at radius 3 is 2.95 bits per heavy atom. The minimum Gasteiger partial charge on any atom is -0.273 e. The van der Waals surface area contributed by atoms with Gasteiger partial charge in [-0.3, -0.25) is 19.6 Å². The molecule has 3 N–H and O–H groups in total. The van der Waals surface area contributed by atoms with E-state index >= 15 is 0 Å². The summed E-state index contributed by atoms with van der Waals surface area (Å²) in [5.74, 6) is -0.540. The van der Waals surface area contributed by atoms with Crippen molar-refractivity contribution in [1.29, 1.82) is 0 Å². The maximum atomic E-state index is 11.5. The maximum absolute atomic E-state index is 11.5. The van der Waals surface area contributed by atoms with E-state index in [9.17, 15) is 14.4 Å². The molecule has 2 aromatic rings. The molecule has 20 heavy (non-hydrogen) atoms. The molecule has 9 heteroatoms. The van der Waals surface area contributed by atoms with Crippen LogP contribution in [0, 0.1) is 0 Å². The maximum Gasteiger partial charge on any atom is 0.342 e. The van der Waals surface area contributed by atoms with Gasteiger partial charge >= 0.3 is 5.69 Å². The van der Waals surface area contributed by atoms with Crippen molar-refractivity contribution in [1.82, 2.24) is 25.6 Å². The van der Waals surface area contributed by atoms with Crippen LogP contribution in [0.25, 0.3) is 0 Å². The van der Waals surface area contributed by atoms with E-state index < -0.39 is 17.2 Å². The Balaban J connectivity index is 1.94. The highest BCUT2D eigenvalue weighted by Gasteiger charge is 2.08. The molecule has 102 valence electrons. The van der Waals surface area contributed by atoms with E-state index in [1.54, 1.807) is 24.4 Å². The van der Waals surface area contributed by atoms with Crippen LogP contribution in [-0.4, -0.2) is 32.3 Å². The van der Waals surface area contributed by atoms with Gasteiger partial charge in [-0.25, -0.2) is 15.3 Å². The third-order valence-corrected chi connectivity index (χ3v) is 2.18. The lowest BCUT2D eigenvalue weighted by Gasteiger charge is -1.97. The molecule has 0 aliphatic rings. The summed E-state index contributed by atoms with van der Waals surface area (Å²) < 4.78 is 0. The summed E-state index contributed by atoms with van der Waals surface area (Å²) in [7, 11) is 0. The Morgan fingerprint density at radius 1 is 1.40 bits per heavy atom. The third-order valence-electron chi connectivity index (χ3n) is 2.18. The van der Waals surface area contributed by atoms with Gasteiger partial charge in [-0.2, -0.15) is 10.2 Å². The Kier molecular flexibility index (Phi) is 4.12. The van der Waals surface area contributed by atoms with Gasteiger partial charge in [0.15, 0.2) is 0 Å². The molecular weight excluding hydrogens is 264 g/mol. The van der Waals surface area contributed by atoms with E-state index in [2.05, 4.69) is 20.6 Å². The lowest BCUT2D eigenvalue weighted by Crippen LogP contribution is -2.31. The highest BCUT2D eigenvalue weighted by Crippen LogP contribution is 1.88. The first-order valence-electron chi connectivity index (χ1n) is 5.56. The first-order chi connectivity index (χ1) is 9.65. The highest BCUT2D eigenvalue weighted by molar-refractivity contribution is 5.81. The second-order valence-electron chi connectivity index (χ2n) is 3.68. The number of aromatic nitrogens is 4. The standard InChI is InChI=1S/C11H10N6O3/c18-9(5-8-10(19)14-11(20)17-15-8)16-13-6-7-3-1-2-4-12-7/h1-4,6H,5H2,(H,16,18)(H2,14,17,19,20)/b13-6-. The molecule has 0 aromatic carbocycles. The minimum absolute atomic E-state index is 0.102. The van der Waals surface area contributed by atoms with Crippen LogP contribution >= 0.6 is 0 Å². The second kappa shape index (κ2) is 6.18. The molecule has 0 aliphatic heterocycles. The molecule has 2 rings (SSSR count). The van der Waals surface area contributed by atoms with Crippen LogP contribution in [0.1, 0.15) is 11.4 Å². The van der Waals surface area contributed by atoms with E-state index in [0.717, 1.165) is 0 Å². The van der Waals surface area contributed by atoms with Crippen LogP contribution < -0.4 is 16.7 Å². The van der Waals surface area contributed by atoms with E-state index in [1.165, 1.54) is 6.21 Å². The van der Waals surface area contributed by atoms with Crippen molar-refractivity contribution in [2.45, 2.75) is 6.42 Å². The Morgan fingerprint density at radius 2 is 2.25 bits per heavy atom. The SMILES string of the molecule is O=C(Cc1n[nH]c(=O)[nH]c1=O)N/N=C\c1ccccn1. The van der Waals surface area contributed by atoms with E-state index in [0.29, 0.717) is 5.69 Å². The van der Waals surface area contributed by atoms with Gasteiger partial charge in [0.25, 0.3) is 5.56 Å². The van der Waals surface area contributed by atoms with Crippen molar-refractivity contribution in [2.24, 2.45) is 5.10 Å². The summed E-state index contributed by atoms with van der Waals surface area (Å²) in [6, 6.07) is 5.24. The molecule has 2 aromatic heterocycles. The van der Waals surface area contributed by atoms with Gasteiger partial charge < -0.3 is 0 Å². The number of aromatic amines is 2. The number of nitrogens with one attached hydrogen (secondary N) is 3. The van der Waals surface area contributed by atoms with Crippen LogP contribution in [-0.2, 0) is 11.2 Å². The Labute approximate surface area is 111 Å². The zero-order valence-corrected chi connectivity index (χ0v) is 10.2. The minimum atomic E-state index is -0.729. The molecule has 0 atom stereocenters. The van der Waals surface area contributed by atoms with Gasteiger partial charge in [-0.05, 0) is 12.1 Å². The predicted octanol–water partition coefficient (Wildman–Crippen LogP) is -1.45. The smallest absolute Gasteiger partial charge is 0.273 e. The fraction of sp³-hybridized carbons (Fsp3) is 0.0909. The number of amides is 1. The Bertz CT molecular complexity index is 734. The molecule has 1 amide bonds. The first kappa shape index (κ1) is 13.3. The quantitative estimate of drug-likeness (QED) is 0.463. The Hall–Kier alpha value is -3.10. The van der Waals surface area contributed by atoms with Crippen molar-refractivity contribution in [3.8, 4) is 0 Å². The van der Waals surface area contributed by atoms with Crippen LogP contribution in [0.15, 0.2) is 39.1 Å². The number of hydrogen-bond donors (Lipinski definition) is 3. The predicted molar refractivity (Wildman–Crippen MR) is 69.2 cm³/mol. The molecule has 0 fully saturated rings. The molecule has 0 bridgehead atoms. The largest absolute Gasteiger partial charge is 0.342 e. The lowest BCUT2D eigenvalue weighted by molar-refractivity contribution is -0.120. The molecule has 0 saturated heterocycles. The first-order valence-corrected chi connectivity index (χ1v) is 5.56. The molecular formula is C11H10N6O3. The number of pyridine rings is 1. The van der Waals surface area contributed by atoms with Crippen molar-refractivity contribution in [3.05, 3.63) is 56.6 Å². The zero-order valence-electron chi connectivity index (χ0n) is 10.2. The number of H-pyrrole nitrogens is 2. The van der Waals surface area contributed by atoms with Crippen LogP contribution in [0.2, 0.25) is 0 Å². The summed E-state index contributed by atoms with van der Waals surface area (Å²) in [5.41, 5.74) is 1.26. The zero-order chi connectivity index (χ0) is 14.4.